The zero-order valence-electron chi connectivity index (χ0n) is 18.6. The Morgan fingerprint density at radius 3 is 2.32 bits per heavy atom. The zero-order chi connectivity index (χ0) is 23.0. The van der Waals surface area contributed by atoms with Crippen LogP contribution < -0.4 is 5.56 Å². The Morgan fingerprint density at radius 2 is 1.77 bits per heavy atom. The molecule has 2 aromatic rings. The highest BCUT2D eigenvalue weighted by Gasteiger charge is 2.21. The molecule has 2 rings (SSSR count). The van der Waals surface area contributed by atoms with Crippen molar-refractivity contribution in [2.45, 2.75) is 52.5 Å². The number of azo groups is 1. The third kappa shape index (κ3) is 5.57. The Bertz CT molecular complexity index is 1050. The first-order valence-corrected chi connectivity index (χ1v) is 10.5. The number of nitrogens with zero attached hydrogens (tertiary/aromatic N) is 5. The SMILES string of the molecule is CCCCc1c(/N=N/c2ccc(C(=O)N(C)C)cc2)c(O)n(CCCC)c(=O)c1C#N. The molecule has 0 spiro atoms. The molecule has 0 aliphatic rings. The number of nitriles is 1. The fourth-order valence-electron chi connectivity index (χ4n) is 3.12. The van der Waals surface area contributed by atoms with Crippen molar-refractivity contribution in [3.8, 4) is 11.9 Å². The van der Waals surface area contributed by atoms with Gasteiger partial charge in [-0.05, 0) is 43.5 Å². The molecule has 8 heteroatoms. The van der Waals surface area contributed by atoms with Crippen molar-refractivity contribution in [3.05, 3.63) is 51.3 Å². The molecule has 1 aromatic heterocycles. The minimum atomic E-state index is -0.495. The van der Waals surface area contributed by atoms with Crippen molar-refractivity contribution >= 4 is 17.3 Å². The normalized spacial score (nSPS) is 10.9. The van der Waals surface area contributed by atoms with E-state index < -0.39 is 5.56 Å². The molecule has 1 heterocycles. The average Bonchev–Trinajstić information content (AvgIpc) is 2.76. The van der Waals surface area contributed by atoms with Gasteiger partial charge in [0.25, 0.3) is 11.5 Å². The molecule has 0 aliphatic heterocycles. The van der Waals surface area contributed by atoms with E-state index in [0.717, 1.165) is 19.3 Å². The van der Waals surface area contributed by atoms with Crippen molar-refractivity contribution in [2.24, 2.45) is 10.2 Å². The lowest BCUT2D eigenvalue weighted by atomic mass is 10.0. The molecule has 164 valence electrons. The van der Waals surface area contributed by atoms with Crippen LogP contribution in [-0.4, -0.2) is 34.6 Å². The lowest BCUT2D eigenvalue weighted by Crippen LogP contribution is -2.24. The van der Waals surface area contributed by atoms with Crippen LogP contribution in [0.1, 0.15) is 61.0 Å². The van der Waals surface area contributed by atoms with Crippen LogP contribution >= 0.6 is 0 Å². The maximum atomic E-state index is 12.8. The smallest absolute Gasteiger partial charge is 0.271 e. The summed E-state index contributed by atoms with van der Waals surface area (Å²) in [5.74, 6) is -0.392. The van der Waals surface area contributed by atoms with Gasteiger partial charge in [-0.25, -0.2) is 0 Å². The summed E-state index contributed by atoms with van der Waals surface area (Å²) in [4.78, 5) is 26.3. The highest BCUT2D eigenvalue weighted by atomic mass is 16.3. The number of hydrogen-bond donors (Lipinski definition) is 1. The van der Waals surface area contributed by atoms with Crippen molar-refractivity contribution in [3.63, 3.8) is 0 Å². The van der Waals surface area contributed by atoms with Crippen molar-refractivity contribution in [2.75, 3.05) is 14.1 Å². The van der Waals surface area contributed by atoms with Gasteiger partial charge in [-0.3, -0.25) is 14.2 Å². The van der Waals surface area contributed by atoms with E-state index in [1.165, 1.54) is 9.47 Å². The topological polar surface area (TPSA) is 111 Å². The molecule has 0 aliphatic carbocycles. The first kappa shape index (κ1) is 23.8. The predicted octanol–water partition coefficient (Wildman–Crippen LogP) is 4.69. The highest BCUT2D eigenvalue weighted by molar-refractivity contribution is 5.94. The van der Waals surface area contributed by atoms with Gasteiger partial charge < -0.3 is 10.0 Å². The standard InChI is InChI=1S/C23H29N5O3/c1-5-7-9-18-19(15-24)22(30)28(14-8-6-2)23(31)20(18)26-25-17-12-10-16(11-13-17)21(29)27(3)4/h10-13,31H,5-9,14H2,1-4H3/b26-25+. The Labute approximate surface area is 182 Å². The zero-order valence-corrected chi connectivity index (χ0v) is 18.6. The van der Waals surface area contributed by atoms with Crippen LogP contribution in [0, 0.1) is 11.3 Å². The number of carbonyl (C=O) groups excluding carboxylic acids is 1. The summed E-state index contributed by atoms with van der Waals surface area (Å²) in [6.07, 6.45) is 3.57. The third-order valence-electron chi connectivity index (χ3n) is 4.93. The second-order valence-corrected chi connectivity index (χ2v) is 7.50. The van der Waals surface area contributed by atoms with Gasteiger partial charge in [0.05, 0.1) is 5.69 Å². The van der Waals surface area contributed by atoms with Crippen molar-refractivity contribution in [1.29, 1.82) is 5.26 Å². The fraction of sp³-hybridized carbons (Fsp3) is 0.435. The minimum absolute atomic E-state index is 0.00299. The van der Waals surface area contributed by atoms with Gasteiger partial charge in [-0.15, -0.1) is 5.11 Å². The summed E-state index contributed by atoms with van der Waals surface area (Å²) in [6, 6.07) is 8.61. The summed E-state index contributed by atoms with van der Waals surface area (Å²) in [6.45, 7) is 4.29. The summed E-state index contributed by atoms with van der Waals surface area (Å²) in [7, 11) is 3.35. The van der Waals surface area contributed by atoms with Crippen LogP contribution in [0.4, 0.5) is 11.4 Å². The van der Waals surface area contributed by atoms with Gasteiger partial charge in [0.1, 0.15) is 11.6 Å². The Kier molecular flexibility index (Phi) is 8.50. The van der Waals surface area contributed by atoms with Crippen LogP contribution in [-0.2, 0) is 13.0 Å². The van der Waals surface area contributed by atoms with Crippen LogP contribution in [0.3, 0.4) is 0 Å². The van der Waals surface area contributed by atoms with E-state index in [1.807, 2.05) is 19.9 Å². The second kappa shape index (κ2) is 11.1. The predicted molar refractivity (Wildman–Crippen MR) is 119 cm³/mol. The minimum Gasteiger partial charge on any atom is -0.493 e. The van der Waals surface area contributed by atoms with Gasteiger partial charge in [0.2, 0.25) is 5.88 Å². The molecule has 0 atom stereocenters. The molecule has 0 unspecified atom stereocenters. The van der Waals surface area contributed by atoms with Crippen LogP contribution in [0.25, 0.3) is 0 Å². The van der Waals surface area contributed by atoms with Crippen molar-refractivity contribution < 1.29 is 9.90 Å². The lowest BCUT2D eigenvalue weighted by Gasteiger charge is -2.14. The third-order valence-corrected chi connectivity index (χ3v) is 4.93. The number of carbonyl (C=O) groups is 1. The van der Waals surface area contributed by atoms with Crippen LogP contribution in [0.2, 0.25) is 0 Å². The largest absolute Gasteiger partial charge is 0.493 e. The summed E-state index contributed by atoms with van der Waals surface area (Å²) >= 11 is 0. The first-order chi connectivity index (χ1) is 14.8. The molecular weight excluding hydrogens is 394 g/mol. The molecule has 1 amide bonds. The van der Waals surface area contributed by atoms with Gasteiger partial charge in [-0.2, -0.15) is 10.4 Å². The molecule has 0 fully saturated rings. The number of aromatic hydroxyl groups is 1. The quantitative estimate of drug-likeness (QED) is 0.590. The van der Waals surface area contributed by atoms with Gasteiger partial charge in [0, 0.05) is 31.8 Å². The average molecular weight is 424 g/mol. The van der Waals surface area contributed by atoms with E-state index in [4.69, 9.17) is 0 Å². The molecule has 0 radical (unpaired) electrons. The number of unbranched alkanes of at least 4 members (excludes halogenated alkanes) is 2. The number of rotatable bonds is 9. The Hall–Kier alpha value is -3.47. The number of amides is 1. The molecular formula is C23H29N5O3. The molecule has 0 bridgehead atoms. The number of pyridine rings is 1. The van der Waals surface area contributed by atoms with Crippen LogP contribution in [0.5, 0.6) is 5.88 Å². The molecule has 0 saturated heterocycles. The molecule has 31 heavy (non-hydrogen) atoms. The molecule has 1 aromatic carbocycles. The second-order valence-electron chi connectivity index (χ2n) is 7.50. The monoisotopic (exact) mass is 423 g/mol. The molecule has 8 nitrogen and oxygen atoms in total. The Balaban J connectivity index is 2.53. The fourth-order valence-corrected chi connectivity index (χ4v) is 3.12. The van der Waals surface area contributed by atoms with Gasteiger partial charge >= 0.3 is 0 Å². The summed E-state index contributed by atoms with van der Waals surface area (Å²) in [5.41, 5.74) is 1.08. The first-order valence-electron chi connectivity index (χ1n) is 10.5. The number of aromatic nitrogens is 1. The highest BCUT2D eigenvalue weighted by Crippen LogP contribution is 2.34. The number of hydrogen-bond acceptors (Lipinski definition) is 6. The molecule has 0 saturated carbocycles. The van der Waals surface area contributed by atoms with Gasteiger partial charge in [0.15, 0.2) is 5.69 Å². The van der Waals surface area contributed by atoms with Crippen molar-refractivity contribution in [1.82, 2.24) is 9.47 Å². The summed E-state index contributed by atoms with van der Waals surface area (Å²) in [5, 5.41) is 28.8. The Morgan fingerprint density at radius 1 is 1.13 bits per heavy atom. The maximum absolute atomic E-state index is 12.8. The van der Waals surface area contributed by atoms with E-state index in [0.29, 0.717) is 36.2 Å². The molecule has 1 N–H and O–H groups in total. The van der Waals surface area contributed by atoms with Crippen LogP contribution in [0.15, 0.2) is 39.3 Å². The number of benzene rings is 1. The van der Waals surface area contributed by atoms with E-state index in [2.05, 4.69) is 10.2 Å². The van der Waals surface area contributed by atoms with E-state index >= 15 is 0 Å². The van der Waals surface area contributed by atoms with E-state index in [9.17, 15) is 20.0 Å². The van der Waals surface area contributed by atoms with Gasteiger partial charge in [-0.1, -0.05) is 26.7 Å². The van der Waals surface area contributed by atoms with E-state index in [-0.39, 0.29) is 23.0 Å². The summed E-state index contributed by atoms with van der Waals surface area (Å²) < 4.78 is 1.20. The lowest BCUT2D eigenvalue weighted by molar-refractivity contribution is 0.0827. The maximum Gasteiger partial charge on any atom is 0.271 e. The van der Waals surface area contributed by atoms with E-state index in [1.54, 1.807) is 38.4 Å².